The Balaban J connectivity index is 2.01. The number of rotatable bonds is 3. The number of aryl methyl sites for hydroxylation is 1. The molecule has 0 spiro atoms. The fourth-order valence-electron chi connectivity index (χ4n) is 3.27. The second-order valence-corrected chi connectivity index (χ2v) is 6.31. The van der Waals surface area contributed by atoms with Crippen molar-refractivity contribution in [3.05, 3.63) is 69.7 Å². The monoisotopic (exact) mass is 344 g/mol. The standard InChI is InChI=1S/C18H17BrO2/c1-21-18(20)17(13-6-9-14(19)10-7-13)16-11-8-12-4-2-3-5-15(12)16/h2-7,9-10,16-17H,8,11H2,1H3/t16-,17+/m1/s1. The molecule has 0 saturated heterocycles. The fraction of sp³-hybridized carbons (Fsp3) is 0.278. The van der Waals surface area contributed by atoms with Gasteiger partial charge in [0, 0.05) is 10.4 Å². The van der Waals surface area contributed by atoms with Gasteiger partial charge in [0.25, 0.3) is 0 Å². The number of benzene rings is 2. The van der Waals surface area contributed by atoms with Crippen LogP contribution in [-0.2, 0) is 16.0 Å². The fourth-order valence-corrected chi connectivity index (χ4v) is 3.53. The molecule has 0 radical (unpaired) electrons. The number of fused-ring (bicyclic) bond motifs is 1. The third-order valence-corrected chi connectivity index (χ3v) is 4.79. The van der Waals surface area contributed by atoms with Gasteiger partial charge in [0.2, 0.25) is 0 Å². The van der Waals surface area contributed by atoms with E-state index in [1.54, 1.807) is 0 Å². The minimum Gasteiger partial charge on any atom is -0.469 e. The Bertz CT molecular complexity index is 649. The maximum Gasteiger partial charge on any atom is 0.313 e. The van der Waals surface area contributed by atoms with Crippen LogP contribution >= 0.6 is 15.9 Å². The van der Waals surface area contributed by atoms with Crippen molar-refractivity contribution in [2.24, 2.45) is 0 Å². The van der Waals surface area contributed by atoms with Crippen molar-refractivity contribution in [3.8, 4) is 0 Å². The second kappa shape index (κ2) is 6.02. The maximum absolute atomic E-state index is 12.4. The molecule has 108 valence electrons. The number of ether oxygens (including phenoxy) is 1. The van der Waals surface area contributed by atoms with Crippen molar-refractivity contribution in [2.45, 2.75) is 24.7 Å². The van der Waals surface area contributed by atoms with Crippen molar-refractivity contribution < 1.29 is 9.53 Å². The molecule has 0 bridgehead atoms. The van der Waals surface area contributed by atoms with E-state index < -0.39 is 0 Å². The molecule has 0 amide bonds. The molecule has 21 heavy (non-hydrogen) atoms. The molecular weight excluding hydrogens is 328 g/mol. The largest absolute Gasteiger partial charge is 0.469 e. The van der Waals surface area contributed by atoms with Crippen LogP contribution in [0.5, 0.6) is 0 Å². The zero-order valence-corrected chi connectivity index (χ0v) is 13.5. The average molecular weight is 345 g/mol. The molecule has 0 N–H and O–H groups in total. The van der Waals surface area contributed by atoms with Gasteiger partial charge in [-0.05, 0) is 41.7 Å². The molecule has 2 aromatic carbocycles. The minimum absolute atomic E-state index is 0.154. The molecule has 0 aliphatic heterocycles. The maximum atomic E-state index is 12.4. The normalized spacial score (nSPS) is 18.1. The van der Waals surface area contributed by atoms with Gasteiger partial charge in [-0.1, -0.05) is 52.3 Å². The van der Waals surface area contributed by atoms with E-state index in [1.165, 1.54) is 18.2 Å². The molecule has 3 heteroatoms. The molecule has 0 saturated carbocycles. The first-order valence-corrected chi connectivity index (χ1v) is 7.91. The molecule has 0 aromatic heterocycles. The average Bonchev–Trinajstić information content (AvgIpc) is 2.93. The molecule has 2 atom stereocenters. The van der Waals surface area contributed by atoms with E-state index in [0.29, 0.717) is 0 Å². The Hall–Kier alpha value is -1.61. The summed E-state index contributed by atoms with van der Waals surface area (Å²) >= 11 is 3.44. The Labute approximate surface area is 133 Å². The van der Waals surface area contributed by atoms with Crippen molar-refractivity contribution in [1.82, 2.24) is 0 Å². The summed E-state index contributed by atoms with van der Waals surface area (Å²) in [5.41, 5.74) is 3.66. The molecular formula is C18H17BrO2. The van der Waals surface area contributed by atoms with Crippen LogP contribution in [-0.4, -0.2) is 13.1 Å². The van der Waals surface area contributed by atoms with Crippen LogP contribution < -0.4 is 0 Å². The molecule has 3 rings (SSSR count). The summed E-state index contributed by atoms with van der Waals surface area (Å²) in [5, 5.41) is 0. The smallest absolute Gasteiger partial charge is 0.313 e. The summed E-state index contributed by atoms with van der Waals surface area (Å²) in [6, 6.07) is 16.4. The Morgan fingerprint density at radius 3 is 2.62 bits per heavy atom. The van der Waals surface area contributed by atoms with Crippen molar-refractivity contribution in [1.29, 1.82) is 0 Å². The van der Waals surface area contributed by atoms with Crippen molar-refractivity contribution >= 4 is 21.9 Å². The van der Waals surface area contributed by atoms with Gasteiger partial charge in [0.1, 0.15) is 0 Å². The van der Waals surface area contributed by atoms with Gasteiger partial charge in [-0.3, -0.25) is 4.79 Å². The molecule has 0 heterocycles. The first-order valence-electron chi connectivity index (χ1n) is 7.12. The van der Waals surface area contributed by atoms with Crippen LogP contribution in [0.4, 0.5) is 0 Å². The highest BCUT2D eigenvalue weighted by molar-refractivity contribution is 9.10. The van der Waals surface area contributed by atoms with E-state index in [0.717, 1.165) is 22.9 Å². The number of esters is 1. The third-order valence-electron chi connectivity index (χ3n) is 4.27. The lowest BCUT2D eigenvalue weighted by Crippen LogP contribution is -2.20. The number of methoxy groups -OCH3 is 1. The predicted octanol–water partition coefficient (Wildman–Crippen LogP) is 4.44. The van der Waals surface area contributed by atoms with E-state index in [2.05, 4.69) is 34.1 Å². The summed E-state index contributed by atoms with van der Waals surface area (Å²) in [7, 11) is 1.47. The van der Waals surface area contributed by atoms with E-state index >= 15 is 0 Å². The zero-order valence-electron chi connectivity index (χ0n) is 11.9. The number of hydrogen-bond acceptors (Lipinski definition) is 2. The first-order chi connectivity index (χ1) is 10.2. The number of hydrogen-bond donors (Lipinski definition) is 0. The van der Waals surface area contributed by atoms with Gasteiger partial charge in [-0.2, -0.15) is 0 Å². The van der Waals surface area contributed by atoms with Gasteiger partial charge in [-0.25, -0.2) is 0 Å². The third kappa shape index (κ3) is 2.75. The Morgan fingerprint density at radius 1 is 1.19 bits per heavy atom. The zero-order chi connectivity index (χ0) is 14.8. The van der Waals surface area contributed by atoms with E-state index in [4.69, 9.17) is 4.74 Å². The molecule has 2 nitrogen and oxygen atoms in total. The highest BCUT2D eigenvalue weighted by Crippen LogP contribution is 2.43. The van der Waals surface area contributed by atoms with E-state index in [9.17, 15) is 4.79 Å². The van der Waals surface area contributed by atoms with Gasteiger partial charge < -0.3 is 4.74 Å². The quantitative estimate of drug-likeness (QED) is 0.769. The number of carbonyl (C=O) groups excluding carboxylic acids is 1. The summed E-state index contributed by atoms with van der Waals surface area (Å²) in [6.45, 7) is 0. The van der Waals surface area contributed by atoms with Crippen LogP contribution in [0.2, 0.25) is 0 Å². The minimum atomic E-state index is -0.230. The van der Waals surface area contributed by atoms with Gasteiger partial charge >= 0.3 is 5.97 Å². The molecule has 0 fully saturated rings. The van der Waals surface area contributed by atoms with Crippen LogP contribution in [0.3, 0.4) is 0 Å². The highest BCUT2D eigenvalue weighted by atomic mass is 79.9. The summed E-state index contributed by atoms with van der Waals surface area (Å²) in [4.78, 5) is 12.4. The molecule has 0 unspecified atom stereocenters. The Kier molecular flexibility index (Phi) is 4.11. The molecule has 2 aromatic rings. The summed E-state index contributed by atoms with van der Waals surface area (Å²) in [5.74, 6) is -0.180. The SMILES string of the molecule is COC(=O)[C@@H](c1ccc(Br)cc1)[C@@H]1CCc2ccccc21. The second-order valence-electron chi connectivity index (χ2n) is 5.40. The van der Waals surface area contributed by atoms with Crippen LogP contribution in [0, 0.1) is 0 Å². The number of halogens is 1. The van der Waals surface area contributed by atoms with Crippen LogP contribution in [0.15, 0.2) is 53.0 Å². The van der Waals surface area contributed by atoms with Gasteiger partial charge in [0.05, 0.1) is 13.0 Å². The lowest BCUT2D eigenvalue weighted by Gasteiger charge is -2.22. The van der Waals surface area contributed by atoms with Crippen molar-refractivity contribution in [3.63, 3.8) is 0 Å². The first kappa shape index (κ1) is 14.3. The van der Waals surface area contributed by atoms with Crippen LogP contribution in [0.25, 0.3) is 0 Å². The topological polar surface area (TPSA) is 26.3 Å². The van der Waals surface area contributed by atoms with Gasteiger partial charge in [-0.15, -0.1) is 0 Å². The molecule has 1 aliphatic carbocycles. The lowest BCUT2D eigenvalue weighted by molar-refractivity contribution is -0.143. The highest BCUT2D eigenvalue weighted by Gasteiger charge is 2.35. The summed E-state index contributed by atoms with van der Waals surface area (Å²) < 4.78 is 6.09. The number of carbonyl (C=O) groups is 1. The van der Waals surface area contributed by atoms with Crippen molar-refractivity contribution in [2.75, 3.05) is 7.11 Å². The Morgan fingerprint density at radius 2 is 1.90 bits per heavy atom. The van der Waals surface area contributed by atoms with E-state index in [-0.39, 0.29) is 17.8 Å². The van der Waals surface area contributed by atoms with E-state index in [1.807, 2.05) is 30.3 Å². The van der Waals surface area contributed by atoms with Gasteiger partial charge in [0.15, 0.2) is 0 Å². The van der Waals surface area contributed by atoms with Crippen LogP contribution in [0.1, 0.15) is 34.9 Å². The lowest BCUT2D eigenvalue weighted by atomic mass is 9.82. The predicted molar refractivity (Wildman–Crippen MR) is 86.4 cm³/mol. The summed E-state index contributed by atoms with van der Waals surface area (Å²) in [6.07, 6.45) is 2.03. The molecule has 1 aliphatic rings.